The minimum atomic E-state index is -0.192. The summed E-state index contributed by atoms with van der Waals surface area (Å²) in [5, 5.41) is 2.13. The molecular weight excluding hydrogens is 356 g/mol. The first-order valence-electron chi connectivity index (χ1n) is 9.85. The van der Waals surface area contributed by atoms with Gasteiger partial charge in [-0.25, -0.2) is 0 Å². The van der Waals surface area contributed by atoms with Crippen molar-refractivity contribution in [3.63, 3.8) is 0 Å². The lowest BCUT2D eigenvalue weighted by molar-refractivity contribution is -0.138. The number of thiophene rings is 1. The molecule has 2 amide bonds. The van der Waals surface area contributed by atoms with Gasteiger partial charge < -0.3 is 9.80 Å². The van der Waals surface area contributed by atoms with Gasteiger partial charge in [-0.3, -0.25) is 9.59 Å². The fourth-order valence-corrected chi connectivity index (χ4v) is 5.33. The highest BCUT2D eigenvalue weighted by Gasteiger charge is 2.39. The number of likely N-dealkylation sites (tertiary alicyclic amines) is 1. The van der Waals surface area contributed by atoms with Crippen molar-refractivity contribution in [2.75, 3.05) is 19.6 Å². The Balaban J connectivity index is 1.40. The molecule has 1 aromatic heterocycles. The van der Waals surface area contributed by atoms with Crippen molar-refractivity contribution in [3.8, 4) is 0 Å². The summed E-state index contributed by atoms with van der Waals surface area (Å²) in [6, 6.07) is 12.5. The van der Waals surface area contributed by atoms with E-state index in [0.717, 1.165) is 25.8 Å². The van der Waals surface area contributed by atoms with Gasteiger partial charge in [0.15, 0.2) is 0 Å². The molecule has 1 saturated heterocycles. The molecule has 5 heteroatoms. The van der Waals surface area contributed by atoms with E-state index < -0.39 is 0 Å². The van der Waals surface area contributed by atoms with Crippen molar-refractivity contribution in [1.29, 1.82) is 0 Å². The van der Waals surface area contributed by atoms with Crippen molar-refractivity contribution < 1.29 is 9.59 Å². The molecule has 2 aromatic rings. The van der Waals surface area contributed by atoms with Crippen LogP contribution in [-0.2, 0) is 22.4 Å². The van der Waals surface area contributed by atoms with E-state index in [1.54, 1.807) is 11.3 Å². The molecule has 2 atom stereocenters. The molecule has 0 N–H and O–H groups in total. The van der Waals surface area contributed by atoms with Gasteiger partial charge in [0, 0.05) is 30.9 Å². The topological polar surface area (TPSA) is 40.6 Å². The van der Waals surface area contributed by atoms with Crippen LogP contribution >= 0.6 is 11.3 Å². The summed E-state index contributed by atoms with van der Waals surface area (Å²) in [5.74, 6) is 0.0855. The molecule has 0 saturated carbocycles. The standard InChI is InChI=1S/C22H26N2O2S/c1-2-19-18-10-13-27-20(18)9-12-24(19)22(26)17-14-21(25)23(15-17)11-8-16-6-4-3-5-7-16/h3-7,10,13,17,19H,2,8-9,11-12,14-15H2,1H3. The Kier molecular flexibility index (Phi) is 5.30. The van der Waals surface area contributed by atoms with E-state index in [-0.39, 0.29) is 23.8 Å². The number of carbonyl (C=O) groups is 2. The number of fused-ring (bicyclic) bond motifs is 1. The number of hydrogen-bond acceptors (Lipinski definition) is 3. The van der Waals surface area contributed by atoms with Crippen molar-refractivity contribution in [2.45, 2.75) is 38.6 Å². The van der Waals surface area contributed by atoms with Gasteiger partial charge >= 0.3 is 0 Å². The normalized spacial score (nSPS) is 22.2. The minimum Gasteiger partial charge on any atom is -0.342 e. The van der Waals surface area contributed by atoms with Crippen LogP contribution in [-0.4, -0.2) is 41.2 Å². The molecular formula is C22H26N2O2S. The van der Waals surface area contributed by atoms with Crippen molar-refractivity contribution in [2.24, 2.45) is 5.92 Å². The second-order valence-corrected chi connectivity index (χ2v) is 8.48. The molecule has 4 nitrogen and oxygen atoms in total. The highest BCUT2D eigenvalue weighted by molar-refractivity contribution is 7.10. The Hall–Kier alpha value is -2.14. The van der Waals surface area contributed by atoms with Gasteiger partial charge in [0.2, 0.25) is 11.8 Å². The van der Waals surface area contributed by atoms with Gasteiger partial charge in [-0.2, -0.15) is 0 Å². The lowest BCUT2D eigenvalue weighted by atomic mass is 9.95. The van der Waals surface area contributed by atoms with Gasteiger partial charge in [0.1, 0.15) is 0 Å². The van der Waals surface area contributed by atoms with Crippen LogP contribution in [0.5, 0.6) is 0 Å². The van der Waals surface area contributed by atoms with Crippen LogP contribution in [0.2, 0.25) is 0 Å². The molecule has 0 spiro atoms. The third-order valence-corrected chi connectivity index (χ3v) is 6.84. The highest BCUT2D eigenvalue weighted by Crippen LogP contribution is 2.36. The second kappa shape index (κ2) is 7.85. The molecule has 0 bridgehead atoms. The van der Waals surface area contributed by atoms with Gasteiger partial charge in [0.25, 0.3) is 0 Å². The highest BCUT2D eigenvalue weighted by atomic mass is 32.1. The van der Waals surface area contributed by atoms with E-state index in [0.29, 0.717) is 19.5 Å². The summed E-state index contributed by atoms with van der Waals surface area (Å²) in [7, 11) is 0. The zero-order chi connectivity index (χ0) is 18.8. The first kappa shape index (κ1) is 18.2. The first-order valence-corrected chi connectivity index (χ1v) is 10.7. The van der Waals surface area contributed by atoms with Crippen LogP contribution in [0.4, 0.5) is 0 Å². The van der Waals surface area contributed by atoms with E-state index in [1.807, 2.05) is 28.0 Å². The zero-order valence-corrected chi connectivity index (χ0v) is 16.6. The molecule has 1 aromatic carbocycles. The maximum absolute atomic E-state index is 13.2. The summed E-state index contributed by atoms with van der Waals surface area (Å²) < 4.78 is 0. The third kappa shape index (κ3) is 3.65. The number of amides is 2. The van der Waals surface area contributed by atoms with E-state index >= 15 is 0 Å². The summed E-state index contributed by atoms with van der Waals surface area (Å²) in [5.41, 5.74) is 2.54. The third-order valence-electron chi connectivity index (χ3n) is 5.84. The number of nitrogens with zero attached hydrogens (tertiary/aromatic N) is 2. The maximum Gasteiger partial charge on any atom is 0.228 e. The Labute approximate surface area is 164 Å². The molecule has 27 heavy (non-hydrogen) atoms. The molecule has 1 fully saturated rings. The number of rotatable bonds is 5. The van der Waals surface area contributed by atoms with Crippen LogP contribution in [0.3, 0.4) is 0 Å². The maximum atomic E-state index is 13.2. The van der Waals surface area contributed by atoms with Gasteiger partial charge in [-0.05, 0) is 41.8 Å². The van der Waals surface area contributed by atoms with Crippen molar-refractivity contribution >= 4 is 23.2 Å². The van der Waals surface area contributed by atoms with E-state index in [2.05, 4.69) is 30.5 Å². The molecule has 0 aliphatic carbocycles. The minimum absolute atomic E-state index is 0.116. The molecule has 0 radical (unpaired) electrons. The van der Waals surface area contributed by atoms with Crippen LogP contribution in [0.1, 0.15) is 41.8 Å². The molecule has 142 valence electrons. The Bertz CT molecular complexity index is 817. The van der Waals surface area contributed by atoms with Crippen LogP contribution in [0, 0.1) is 5.92 Å². The van der Waals surface area contributed by atoms with E-state index in [4.69, 9.17) is 0 Å². The average Bonchev–Trinajstić information content (AvgIpc) is 3.32. The van der Waals surface area contributed by atoms with Crippen LogP contribution in [0.15, 0.2) is 41.8 Å². The number of hydrogen-bond donors (Lipinski definition) is 0. The largest absolute Gasteiger partial charge is 0.342 e. The lowest BCUT2D eigenvalue weighted by Crippen LogP contribution is -2.43. The van der Waals surface area contributed by atoms with Crippen molar-refractivity contribution in [1.82, 2.24) is 9.80 Å². The zero-order valence-electron chi connectivity index (χ0n) is 15.8. The molecule has 3 heterocycles. The molecule has 2 aliphatic heterocycles. The fraction of sp³-hybridized carbons (Fsp3) is 0.455. The molecule has 2 unspecified atom stereocenters. The quantitative estimate of drug-likeness (QED) is 0.792. The Morgan fingerprint density at radius 1 is 1.22 bits per heavy atom. The van der Waals surface area contributed by atoms with Crippen molar-refractivity contribution in [3.05, 3.63) is 57.8 Å². The molecule has 4 rings (SSSR count). The SMILES string of the molecule is CCC1c2ccsc2CCN1C(=O)C1CC(=O)N(CCc2ccccc2)C1. The van der Waals surface area contributed by atoms with Gasteiger partial charge in [0.05, 0.1) is 12.0 Å². The summed E-state index contributed by atoms with van der Waals surface area (Å²) in [4.78, 5) is 31.0. The summed E-state index contributed by atoms with van der Waals surface area (Å²) >= 11 is 1.80. The predicted octanol–water partition coefficient (Wildman–Crippen LogP) is 3.68. The predicted molar refractivity (Wildman–Crippen MR) is 108 cm³/mol. The van der Waals surface area contributed by atoms with Gasteiger partial charge in [-0.1, -0.05) is 37.3 Å². The summed E-state index contributed by atoms with van der Waals surface area (Å²) in [6.45, 7) is 4.18. The Morgan fingerprint density at radius 2 is 2.04 bits per heavy atom. The van der Waals surface area contributed by atoms with E-state index in [1.165, 1.54) is 16.0 Å². The number of carbonyl (C=O) groups excluding carboxylic acids is 2. The molecule has 2 aliphatic rings. The van der Waals surface area contributed by atoms with E-state index in [9.17, 15) is 9.59 Å². The first-order chi connectivity index (χ1) is 13.2. The van der Waals surface area contributed by atoms with Crippen LogP contribution < -0.4 is 0 Å². The number of benzene rings is 1. The monoisotopic (exact) mass is 382 g/mol. The Morgan fingerprint density at radius 3 is 2.81 bits per heavy atom. The smallest absolute Gasteiger partial charge is 0.228 e. The fourth-order valence-electron chi connectivity index (χ4n) is 4.40. The summed E-state index contributed by atoms with van der Waals surface area (Å²) in [6.07, 6.45) is 3.06. The average molecular weight is 383 g/mol. The lowest BCUT2D eigenvalue weighted by Gasteiger charge is -2.37. The second-order valence-electron chi connectivity index (χ2n) is 7.48. The van der Waals surface area contributed by atoms with Crippen LogP contribution in [0.25, 0.3) is 0 Å². The van der Waals surface area contributed by atoms with Gasteiger partial charge in [-0.15, -0.1) is 11.3 Å².